The Morgan fingerprint density at radius 3 is 1.50 bits per heavy atom. The van der Waals surface area contributed by atoms with Gasteiger partial charge in [0.2, 0.25) is 0 Å². The first kappa shape index (κ1) is 23.7. The highest BCUT2D eigenvalue weighted by Crippen LogP contribution is 2.58. The second-order valence-electron chi connectivity index (χ2n) is 11.5. The summed E-state index contributed by atoms with van der Waals surface area (Å²) in [5.41, 5.74) is 4.49. The summed E-state index contributed by atoms with van der Waals surface area (Å²) in [6.07, 6.45) is 11.0. The van der Waals surface area contributed by atoms with Crippen molar-refractivity contribution in [1.82, 2.24) is 0 Å². The Bertz CT molecular complexity index is 1400. The fourth-order valence-electron chi connectivity index (χ4n) is 8.13. The van der Waals surface area contributed by atoms with Gasteiger partial charge < -0.3 is 0 Å². The second kappa shape index (κ2) is 10.1. The molecule has 4 aromatic rings. The highest BCUT2D eigenvalue weighted by molar-refractivity contribution is 7.25. The van der Waals surface area contributed by atoms with Gasteiger partial charge in [0.05, 0.1) is 0 Å². The summed E-state index contributed by atoms with van der Waals surface area (Å²) in [5, 5.41) is 6.36. The van der Waals surface area contributed by atoms with Gasteiger partial charge in [-0.25, -0.2) is 0 Å². The number of allylic oxidation sites excluding steroid dienone is 2. The molecule has 7 rings (SSSR count). The van der Waals surface area contributed by atoms with Crippen LogP contribution in [0.15, 0.2) is 132 Å². The molecule has 3 aliphatic rings. The Morgan fingerprint density at radius 2 is 1.00 bits per heavy atom. The minimum atomic E-state index is -2.43. The zero-order valence-corrected chi connectivity index (χ0v) is 23.1. The summed E-state index contributed by atoms with van der Waals surface area (Å²) >= 11 is 0. The minimum Gasteiger partial charge on any atom is -0.0781 e. The van der Waals surface area contributed by atoms with Crippen LogP contribution >= 0.6 is 0 Å². The zero-order valence-electron chi connectivity index (χ0n) is 22.1. The first-order chi connectivity index (χ1) is 18.9. The van der Waals surface area contributed by atoms with Crippen molar-refractivity contribution in [1.29, 1.82) is 0 Å². The van der Waals surface area contributed by atoms with Gasteiger partial charge in [0, 0.05) is 0 Å². The third-order valence-corrected chi connectivity index (χ3v) is 14.5. The Balaban J connectivity index is 1.59. The lowest BCUT2D eigenvalue weighted by atomic mass is 9.24. The predicted molar refractivity (Wildman–Crippen MR) is 167 cm³/mol. The SMILES string of the molecule is C(=C1/C(B2C3CCCC2CCC3)=C(c2ccccc2)[Si]1(c1ccccc1)c1ccccc1)/c1ccccc1. The van der Waals surface area contributed by atoms with Crippen LogP contribution in [0.2, 0.25) is 11.6 Å². The number of hydrogen-bond acceptors (Lipinski definition) is 0. The van der Waals surface area contributed by atoms with Gasteiger partial charge in [0.25, 0.3) is 0 Å². The van der Waals surface area contributed by atoms with Crippen LogP contribution in [0, 0.1) is 0 Å². The lowest BCUT2D eigenvalue weighted by molar-refractivity contribution is 0.446. The van der Waals surface area contributed by atoms with Gasteiger partial charge >= 0.3 is 0 Å². The topological polar surface area (TPSA) is 0 Å². The molecule has 0 N–H and O–H groups in total. The standard InChI is InChI=1S/C36H35BSi/c1-5-15-28(16-6-1)27-34-35(37-30-19-13-20-31(37)22-14-21-30)36(29-17-7-2-8-18-29)38(34,32-23-9-3-10-24-32)33-25-11-4-12-26-33/h1-12,15-18,23-27,30-31H,13-14,19-22H2/b34-27+. The van der Waals surface area contributed by atoms with Crippen LogP contribution in [0.1, 0.15) is 49.7 Å². The van der Waals surface area contributed by atoms with Crippen molar-refractivity contribution in [2.75, 3.05) is 0 Å². The van der Waals surface area contributed by atoms with E-state index in [2.05, 4.69) is 127 Å². The van der Waals surface area contributed by atoms with E-state index in [0.717, 1.165) is 11.6 Å². The molecule has 2 fully saturated rings. The van der Waals surface area contributed by atoms with Gasteiger partial charge in [-0.2, -0.15) is 0 Å². The second-order valence-corrected chi connectivity index (χ2v) is 15.2. The van der Waals surface area contributed by atoms with Crippen LogP contribution in [-0.4, -0.2) is 14.8 Å². The molecule has 0 spiro atoms. The van der Waals surface area contributed by atoms with E-state index in [0.29, 0.717) is 6.71 Å². The van der Waals surface area contributed by atoms with Crippen molar-refractivity contribution < 1.29 is 0 Å². The molecule has 0 aliphatic carbocycles. The Kier molecular flexibility index (Phi) is 6.29. The van der Waals surface area contributed by atoms with Crippen LogP contribution in [-0.2, 0) is 0 Å². The van der Waals surface area contributed by atoms with Crippen molar-refractivity contribution in [3.63, 3.8) is 0 Å². The van der Waals surface area contributed by atoms with Crippen molar-refractivity contribution in [2.45, 2.75) is 50.2 Å². The van der Waals surface area contributed by atoms with Crippen molar-refractivity contribution >= 4 is 36.4 Å². The van der Waals surface area contributed by atoms with Crippen LogP contribution < -0.4 is 10.4 Å². The molecule has 0 amide bonds. The molecule has 2 heteroatoms. The average Bonchev–Trinajstić information content (AvgIpc) is 2.97. The van der Waals surface area contributed by atoms with E-state index in [1.54, 1.807) is 15.9 Å². The van der Waals surface area contributed by atoms with Gasteiger partial charge in [-0.3, -0.25) is 0 Å². The van der Waals surface area contributed by atoms with E-state index >= 15 is 0 Å². The molecule has 0 unspecified atom stereocenters. The molecular formula is C36H35BSi. The van der Waals surface area contributed by atoms with Gasteiger partial charge in [-0.1, -0.05) is 188 Å². The third-order valence-electron chi connectivity index (χ3n) is 9.57. The van der Waals surface area contributed by atoms with Crippen molar-refractivity contribution in [3.8, 4) is 0 Å². The molecule has 38 heavy (non-hydrogen) atoms. The summed E-state index contributed by atoms with van der Waals surface area (Å²) in [6, 6.07) is 45.6. The van der Waals surface area contributed by atoms with Crippen LogP contribution in [0.25, 0.3) is 11.3 Å². The summed E-state index contributed by atoms with van der Waals surface area (Å²) in [4.78, 5) is 0. The lowest BCUT2D eigenvalue weighted by Gasteiger charge is -2.54. The van der Waals surface area contributed by atoms with Crippen molar-refractivity contribution in [3.05, 3.63) is 143 Å². The first-order valence-corrected chi connectivity index (χ1v) is 16.6. The molecule has 0 radical (unpaired) electrons. The molecule has 3 heterocycles. The number of fused-ring (bicyclic) bond motifs is 2. The van der Waals surface area contributed by atoms with E-state index in [1.807, 2.05) is 0 Å². The van der Waals surface area contributed by atoms with Gasteiger partial charge in [0.1, 0.15) is 0 Å². The maximum Gasteiger partial charge on any atom is 0.182 e. The molecule has 4 aromatic carbocycles. The molecule has 2 saturated heterocycles. The molecule has 3 aliphatic heterocycles. The van der Waals surface area contributed by atoms with Gasteiger partial charge in [-0.05, 0) is 26.7 Å². The van der Waals surface area contributed by atoms with Gasteiger partial charge in [-0.15, -0.1) is 0 Å². The fourth-order valence-corrected chi connectivity index (χ4v) is 13.5. The molecular weight excluding hydrogens is 471 g/mol. The smallest absolute Gasteiger partial charge is 0.0781 e. The Morgan fingerprint density at radius 1 is 0.553 bits per heavy atom. The molecule has 2 bridgehead atoms. The van der Waals surface area contributed by atoms with E-state index in [9.17, 15) is 0 Å². The molecule has 0 nitrogen and oxygen atoms in total. The maximum absolute atomic E-state index is 2.60. The summed E-state index contributed by atoms with van der Waals surface area (Å²) < 4.78 is 0. The quantitative estimate of drug-likeness (QED) is 0.241. The van der Waals surface area contributed by atoms with E-state index in [4.69, 9.17) is 0 Å². The zero-order chi connectivity index (χ0) is 25.4. The Labute approximate surface area is 229 Å². The molecule has 0 atom stereocenters. The maximum atomic E-state index is 2.60. The monoisotopic (exact) mass is 506 g/mol. The van der Waals surface area contributed by atoms with E-state index in [-0.39, 0.29) is 0 Å². The third kappa shape index (κ3) is 3.81. The summed E-state index contributed by atoms with van der Waals surface area (Å²) in [6.45, 7) is 0.690. The summed E-state index contributed by atoms with van der Waals surface area (Å²) in [7, 11) is -2.43. The highest BCUT2D eigenvalue weighted by atomic mass is 28.3. The number of rotatable bonds is 5. The van der Waals surface area contributed by atoms with Crippen molar-refractivity contribution in [2.24, 2.45) is 0 Å². The van der Waals surface area contributed by atoms with E-state index in [1.165, 1.54) is 60.0 Å². The molecule has 0 aromatic heterocycles. The highest BCUT2D eigenvalue weighted by Gasteiger charge is 2.59. The fraction of sp³-hybridized carbons (Fsp3) is 0.222. The predicted octanol–water partition coefficient (Wildman–Crippen LogP) is 8.02. The van der Waals surface area contributed by atoms with Gasteiger partial charge in [0.15, 0.2) is 14.8 Å². The first-order valence-electron chi connectivity index (χ1n) is 14.6. The van der Waals surface area contributed by atoms with Crippen LogP contribution in [0.5, 0.6) is 0 Å². The average molecular weight is 507 g/mol. The normalized spacial score (nSPS) is 23.3. The summed E-state index contributed by atoms with van der Waals surface area (Å²) in [5.74, 6) is 1.66. The largest absolute Gasteiger partial charge is 0.182 e. The van der Waals surface area contributed by atoms with Crippen LogP contribution in [0.4, 0.5) is 0 Å². The van der Waals surface area contributed by atoms with E-state index < -0.39 is 8.07 Å². The molecule has 186 valence electrons. The Hall–Kier alpha value is -3.36. The lowest BCUT2D eigenvalue weighted by Crippen LogP contribution is -2.68. The van der Waals surface area contributed by atoms with Crippen LogP contribution in [0.3, 0.4) is 0 Å². The number of benzene rings is 4. The molecule has 0 saturated carbocycles. The number of hydrogen-bond donors (Lipinski definition) is 0. The minimum absolute atomic E-state index is 0.690.